The highest BCUT2D eigenvalue weighted by Gasteiger charge is 2.38. The van der Waals surface area contributed by atoms with Crippen molar-refractivity contribution in [1.82, 2.24) is 0 Å². The third-order valence-electron chi connectivity index (χ3n) is 1.19. The Hall–Kier alpha value is -1.51. The van der Waals surface area contributed by atoms with E-state index in [1.807, 2.05) is 26.0 Å². The maximum absolute atomic E-state index is 10.6. The molecule has 0 rings (SSSR count). The number of carbonyl (C=O) groups is 1. The van der Waals surface area contributed by atoms with Crippen LogP contribution in [0.15, 0.2) is 12.2 Å². The van der Waals surface area contributed by atoms with E-state index in [-0.39, 0.29) is 5.92 Å². The van der Waals surface area contributed by atoms with Gasteiger partial charge in [0.05, 0.1) is 6.07 Å². The Balaban J connectivity index is 0. The highest BCUT2D eigenvalue weighted by atomic mass is 19.4. The van der Waals surface area contributed by atoms with Crippen molar-refractivity contribution < 1.29 is 23.1 Å². The Bertz CT molecular complexity index is 253. The number of nitrogens with zero attached hydrogens (tertiary/aromatic N) is 1. The molecule has 0 bridgehead atoms. The summed E-state index contributed by atoms with van der Waals surface area (Å²) < 4.78 is 31.7. The van der Waals surface area contributed by atoms with Crippen LogP contribution in [-0.2, 0) is 4.79 Å². The zero-order valence-corrected chi connectivity index (χ0v) is 8.38. The van der Waals surface area contributed by atoms with Gasteiger partial charge in [0.2, 0.25) is 0 Å². The van der Waals surface area contributed by atoms with Crippen molar-refractivity contribution in [3.8, 4) is 6.07 Å². The summed E-state index contributed by atoms with van der Waals surface area (Å²) in [5.74, 6) is -2.58. The topological polar surface area (TPSA) is 61.1 Å². The Morgan fingerprint density at radius 3 is 2.20 bits per heavy atom. The molecule has 1 unspecified atom stereocenters. The number of hydrogen-bond acceptors (Lipinski definition) is 2. The van der Waals surface area contributed by atoms with Crippen LogP contribution in [0.4, 0.5) is 13.2 Å². The van der Waals surface area contributed by atoms with Crippen LogP contribution in [0.5, 0.6) is 0 Å². The maximum atomic E-state index is 10.6. The van der Waals surface area contributed by atoms with Gasteiger partial charge in [0, 0.05) is 5.92 Å². The van der Waals surface area contributed by atoms with Gasteiger partial charge in [-0.3, -0.25) is 0 Å². The van der Waals surface area contributed by atoms with Gasteiger partial charge in [0.15, 0.2) is 0 Å². The summed E-state index contributed by atoms with van der Waals surface area (Å²) in [6, 6.07) is 2.15. The van der Waals surface area contributed by atoms with Crippen LogP contribution in [0.1, 0.15) is 20.3 Å². The third-order valence-corrected chi connectivity index (χ3v) is 1.19. The standard InChI is InChI=1S/C7H11N.C2HF3O2/c1-3-4-5-7(2)6-8;3-2(4,5)1(6)7/h3-4,7H,5H2,1-2H3;(H,6,7). The van der Waals surface area contributed by atoms with Gasteiger partial charge in [-0.25, -0.2) is 4.79 Å². The zero-order chi connectivity index (χ0) is 12.5. The van der Waals surface area contributed by atoms with Gasteiger partial charge in [-0.1, -0.05) is 12.2 Å². The molecule has 0 aliphatic heterocycles. The average Bonchev–Trinajstić information content (AvgIpc) is 2.13. The van der Waals surface area contributed by atoms with Crippen molar-refractivity contribution in [2.75, 3.05) is 0 Å². The fraction of sp³-hybridized carbons (Fsp3) is 0.556. The smallest absolute Gasteiger partial charge is 0.475 e. The summed E-state index contributed by atoms with van der Waals surface area (Å²) in [7, 11) is 0. The molecule has 3 nitrogen and oxygen atoms in total. The molecular formula is C9H12F3NO2. The first kappa shape index (κ1) is 15.9. The highest BCUT2D eigenvalue weighted by molar-refractivity contribution is 5.73. The van der Waals surface area contributed by atoms with E-state index in [4.69, 9.17) is 15.2 Å². The highest BCUT2D eigenvalue weighted by Crippen LogP contribution is 2.13. The second kappa shape index (κ2) is 7.85. The van der Waals surface area contributed by atoms with Gasteiger partial charge in [0.25, 0.3) is 0 Å². The van der Waals surface area contributed by atoms with Crippen LogP contribution in [-0.4, -0.2) is 17.3 Å². The Kier molecular flexibility index (Phi) is 8.35. The molecule has 0 fully saturated rings. The van der Waals surface area contributed by atoms with Crippen molar-refractivity contribution in [3.63, 3.8) is 0 Å². The molecule has 0 radical (unpaired) electrons. The largest absolute Gasteiger partial charge is 0.490 e. The van der Waals surface area contributed by atoms with Crippen LogP contribution >= 0.6 is 0 Å². The van der Waals surface area contributed by atoms with Crippen LogP contribution in [0.3, 0.4) is 0 Å². The summed E-state index contributed by atoms with van der Waals surface area (Å²) in [4.78, 5) is 8.90. The predicted molar refractivity (Wildman–Crippen MR) is 47.9 cm³/mol. The van der Waals surface area contributed by atoms with Gasteiger partial charge in [0.1, 0.15) is 0 Å². The summed E-state index contributed by atoms with van der Waals surface area (Å²) in [5, 5.41) is 15.4. The first-order valence-corrected chi connectivity index (χ1v) is 4.06. The number of aliphatic carboxylic acids is 1. The molecule has 0 heterocycles. The van der Waals surface area contributed by atoms with Gasteiger partial charge in [-0.15, -0.1) is 0 Å². The molecule has 0 spiro atoms. The third kappa shape index (κ3) is 12.5. The van der Waals surface area contributed by atoms with Crippen LogP contribution in [0.2, 0.25) is 0 Å². The van der Waals surface area contributed by atoms with Crippen LogP contribution in [0, 0.1) is 17.2 Å². The molecule has 15 heavy (non-hydrogen) atoms. The number of alkyl halides is 3. The van der Waals surface area contributed by atoms with Gasteiger partial charge in [-0.05, 0) is 20.3 Å². The fourth-order valence-electron chi connectivity index (χ4n) is 0.393. The lowest BCUT2D eigenvalue weighted by Gasteiger charge is -1.93. The van der Waals surface area contributed by atoms with Crippen molar-refractivity contribution in [2.45, 2.75) is 26.4 Å². The molecule has 1 N–H and O–H groups in total. The van der Waals surface area contributed by atoms with E-state index >= 15 is 0 Å². The minimum absolute atomic E-state index is 0.172. The molecule has 0 amide bonds. The predicted octanol–water partition coefficient (Wildman–Crippen LogP) is 2.75. The number of carboxylic acids is 1. The first-order chi connectivity index (χ1) is 6.75. The van der Waals surface area contributed by atoms with Crippen molar-refractivity contribution >= 4 is 5.97 Å². The van der Waals surface area contributed by atoms with E-state index in [9.17, 15) is 13.2 Å². The lowest BCUT2D eigenvalue weighted by atomic mass is 10.1. The summed E-state index contributed by atoms with van der Waals surface area (Å²) in [5.41, 5.74) is 0. The number of carboxylic acid groups (broad SMARTS) is 1. The van der Waals surface area contributed by atoms with Crippen molar-refractivity contribution in [3.05, 3.63) is 12.2 Å². The normalized spacial score (nSPS) is 12.5. The quantitative estimate of drug-likeness (QED) is 0.732. The first-order valence-electron chi connectivity index (χ1n) is 4.06. The molecule has 1 atom stereocenters. The number of nitriles is 1. The Morgan fingerprint density at radius 2 is 2.00 bits per heavy atom. The minimum atomic E-state index is -5.08. The number of halogens is 3. The minimum Gasteiger partial charge on any atom is -0.475 e. The monoisotopic (exact) mass is 223 g/mol. The van der Waals surface area contributed by atoms with E-state index in [0.29, 0.717) is 0 Å². The molecule has 86 valence electrons. The van der Waals surface area contributed by atoms with Crippen LogP contribution in [0.25, 0.3) is 0 Å². The average molecular weight is 223 g/mol. The Morgan fingerprint density at radius 1 is 1.60 bits per heavy atom. The van der Waals surface area contributed by atoms with E-state index in [1.54, 1.807) is 0 Å². The lowest BCUT2D eigenvalue weighted by Crippen LogP contribution is -2.21. The number of hydrogen-bond donors (Lipinski definition) is 1. The van der Waals surface area contributed by atoms with Crippen molar-refractivity contribution in [2.24, 2.45) is 5.92 Å². The molecule has 0 aromatic heterocycles. The molecule has 0 aliphatic rings. The second-order valence-electron chi connectivity index (χ2n) is 2.64. The fourth-order valence-corrected chi connectivity index (χ4v) is 0.393. The lowest BCUT2D eigenvalue weighted by molar-refractivity contribution is -0.192. The SMILES string of the molecule is CC=CCC(C)C#N.O=C(O)C(F)(F)F. The molecule has 0 saturated heterocycles. The summed E-state index contributed by atoms with van der Waals surface area (Å²) in [6.45, 7) is 3.88. The zero-order valence-electron chi connectivity index (χ0n) is 8.38. The van der Waals surface area contributed by atoms with Gasteiger partial charge >= 0.3 is 12.1 Å². The van der Waals surface area contributed by atoms with Crippen LogP contribution < -0.4 is 0 Å². The molecule has 0 aromatic carbocycles. The number of allylic oxidation sites excluding steroid dienone is 2. The Labute approximate surface area is 85.8 Å². The van der Waals surface area contributed by atoms with E-state index in [2.05, 4.69) is 6.07 Å². The molecule has 0 saturated carbocycles. The summed E-state index contributed by atoms with van der Waals surface area (Å²) >= 11 is 0. The molecule has 0 aliphatic carbocycles. The second-order valence-corrected chi connectivity index (χ2v) is 2.64. The molecule has 0 aromatic rings. The summed E-state index contributed by atoms with van der Waals surface area (Å²) in [6.07, 6.45) is -0.227. The number of rotatable bonds is 2. The van der Waals surface area contributed by atoms with E-state index in [0.717, 1.165) is 6.42 Å². The van der Waals surface area contributed by atoms with Gasteiger partial charge in [-0.2, -0.15) is 18.4 Å². The van der Waals surface area contributed by atoms with E-state index < -0.39 is 12.1 Å². The van der Waals surface area contributed by atoms with E-state index in [1.165, 1.54) is 0 Å². The van der Waals surface area contributed by atoms with Crippen molar-refractivity contribution in [1.29, 1.82) is 5.26 Å². The van der Waals surface area contributed by atoms with Gasteiger partial charge < -0.3 is 5.11 Å². The molecule has 6 heteroatoms. The molecular weight excluding hydrogens is 211 g/mol. The maximum Gasteiger partial charge on any atom is 0.490 e.